The predicted molar refractivity (Wildman–Crippen MR) is 94.9 cm³/mol. The lowest BCUT2D eigenvalue weighted by Crippen LogP contribution is -2.10. The van der Waals surface area contributed by atoms with E-state index in [1.807, 2.05) is 0 Å². The van der Waals surface area contributed by atoms with Gasteiger partial charge in [0, 0.05) is 37.5 Å². The molecule has 0 aliphatic heterocycles. The van der Waals surface area contributed by atoms with Crippen molar-refractivity contribution in [3.8, 4) is 11.3 Å². The second-order valence-electron chi connectivity index (χ2n) is 6.11. The van der Waals surface area contributed by atoms with Gasteiger partial charge in [0.1, 0.15) is 11.6 Å². The van der Waals surface area contributed by atoms with Crippen LogP contribution < -0.4 is 5.32 Å². The summed E-state index contributed by atoms with van der Waals surface area (Å²) in [6.45, 7) is 0. The van der Waals surface area contributed by atoms with E-state index < -0.39 is 12.6 Å². The van der Waals surface area contributed by atoms with Gasteiger partial charge in [0.2, 0.25) is 5.95 Å². The zero-order valence-corrected chi connectivity index (χ0v) is 14.7. The number of alkyl halides is 3. The summed E-state index contributed by atoms with van der Waals surface area (Å²) in [7, 11) is 1.79. The first-order valence-corrected chi connectivity index (χ1v) is 8.38. The van der Waals surface area contributed by atoms with E-state index in [1.165, 1.54) is 0 Å². The van der Waals surface area contributed by atoms with Crippen LogP contribution in [0.4, 0.5) is 24.9 Å². The molecule has 4 aromatic heterocycles. The number of nitrogens with one attached hydrogen (secondary N) is 1. The first-order chi connectivity index (χ1) is 13.4. The third-order valence-corrected chi connectivity index (χ3v) is 4.12. The van der Waals surface area contributed by atoms with Crippen LogP contribution in [0.25, 0.3) is 16.9 Å². The normalized spacial score (nSPS) is 11.9. The Morgan fingerprint density at radius 2 is 1.96 bits per heavy atom. The minimum absolute atomic E-state index is 0.226. The highest BCUT2D eigenvalue weighted by Gasteiger charge is 2.27. The lowest BCUT2D eigenvalue weighted by atomic mass is 10.2. The maximum absolute atomic E-state index is 12.4. The summed E-state index contributed by atoms with van der Waals surface area (Å²) in [4.78, 5) is 8.66. The van der Waals surface area contributed by atoms with E-state index in [0.29, 0.717) is 17.3 Å². The lowest BCUT2D eigenvalue weighted by molar-refractivity contribution is -0.134. The summed E-state index contributed by atoms with van der Waals surface area (Å²) < 4.78 is 40.5. The van der Waals surface area contributed by atoms with E-state index in [1.54, 1.807) is 59.0 Å². The molecule has 4 aromatic rings. The number of hydrogen-bond acceptors (Lipinski definition) is 6. The summed E-state index contributed by atoms with van der Waals surface area (Å²) in [5.74, 6) is 1.40. The molecule has 4 heterocycles. The molecule has 0 bridgehead atoms. The highest BCUT2D eigenvalue weighted by atomic mass is 19.4. The monoisotopic (exact) mass is 388 g/mol. The molecule has 0 radical (unpaired) electrons. The Hall–Kier alpha value is -3.50. The van der Waals surface area contributed by atoms with Crippen LogP contribution in [0.1, 0.15) is 12.2 Å². The van der Waals surface area contributed by atoms with Gasteiger partial charge in [-0.15, -0.1) is 10.2 Å². The Balaban J connectivity index is 1.59. The number of anilines is 2. The molecule has 1 N–H and O–H groups in total. The minimum atomic E-state index is -4.23. The summed E-state index contributed by atoms with van der Waals surface area (Å²) in [6.07, 6.45) is -0.483. The topological polar surface area (TPSA) is 85.8 Å². The molecule has 0 fully saturated rings. The third kappa shape index (κ3) is 3.77. The van der Waals surface area contributed by atoms with Crippen molar-refractivity contribution >= 4 is 17.4 Å². The van der Waals surface area contributed by atoms with Crippen molar-refractivity contribution in [2.45, 2.75) is 19.0 Å². The van der Waals surface area contributed by atoms with E-state index >= 15 is 0 Å². The highest BCUT2D eigenvalue weighted by molar-refractivity contribution is 5.65. The standard InChI is InChI=1S/C17H15F3N8/c1-27-13(4-8-22-27)24-16-21-7-3-12(23-16)11-5-9-28-14(2-6-17(18,19)20)25-26-15(28)10-11/h3-5,7-10H,2,6H2,1H3,(H,21,23,24). The van der Waals surface area contributed by atoms with Crippen LogP contribution in [0, 0.1) is 0 Å². The highest BCUT2D eigenvalue weighted by Crippen LogP contribution is 2.24. The fraction of sp³-hybridized carbons (Fsp3) is 0.235. The Labute approximate surface area is 157 Å². The van der Waals surface area contributed by atoms with Crippen molar-refractivity contribution in [1.29, 1.82) is 0 Å². The second-order valence-corrected chi connectivity index (χ2v) is 6.11. The summed E-state index contributed by atoms with van der Waals surface area (Å²) in [6, 6.07) is 7.01. The number of pyridine rings is 1. The molecular formula is C17H15F3N8. The number of hydrogen-bond donors (Lipinski definition) is 1. The molecule has 0 atom stereocenters. The number of rotatable bonds is 5. The van der Waals surface area contributed by atoms with Gasteiger partial charge < -0.3 is 5.32 Å². The largest absolute Gasteiger partial charge is 0.389 e. The number of aryl methyl sites for hydroxylation is 2. The number of aromatic nitrogens is 7. The van der Waals surface area contributed by atoms with Crippen LogP contribution in [0.15, 0.2) is 42.9 Å². The van der Waals surface area contributed by atoms with Crippen LogP contribution in [0.5, 0.6) is 0 Å². The van der Waals surface area contributed by atoms with Crippen molar-refractivity contribution in [2.75, 3.05) is 5.32 Å². The molecule has 144 valence electrons. The Morgan fingerprint density at radius 3 is 2.71 bits per heavy atom. The van der Waals surface area contributed by atoms with Crippen LogP contribution in [-0.4, -0.2) is 40.5 Å². The van der Waals surface area contributed by atoms with E-state index in [2.05, 4.69) is 30.6 Å². The maximum Gasteiger partial charge on any atom is 0.389 e. The van der Waals surface area contributed by atoms with Gasteiger partial charge >= 0.3 is 6.18 Å². The average molecular weight is 388 g/mol. The molecule has 0 unspecified atom stereocenters. The zero-order valence-electron chi connectivity index (χ0n) is 14.7. The zero-order chi connectivity index (χ0) is 19.7. The van der Waals surface area contributed by atoms with E-state index in [4.69, 9.17) is 0 Å². The van der Waals surface area contributed by atoms with Gasteiger partial charge in [-0.1, -0.05) is 0 Å². The van der Waals surface area contributed by atoms with Gasteiger partial charge in [-0.2, -0.15) is 18.3 Å². The van der Waals surface area contributed by atoms with Gasteiger partial charge in [-0.25, -0.2) is 9.97 Å². The quantitative estimate of drug-likeness (QED) is 0.565. The second kappa shape index (κ2) is 6.91. The molecule has 0 aliphatic rings. The van der Waals surface area contributed by atoms with E-state index in [9.17, 15) is 13.2 Å². The van der Waals surface area contributed by atoms with Gasteiger partial charge in [0.25, 0.3) is 0 Å². The van der Waals surface area contributed by atoms with Crippen molar-refractivity contribution in [3.63, 3.8) is 0 Å². The van der Waals surface area contributed by atoms with Gasteiger partial charge in [0.05, 0.1) is 18.3 Å². The van der Waals surface area contributed by atoms with Crippen LogP contribution >= 0.6 is 0 Å². The maximum atomic E-state index is 12.4. The fourth-order valence-corrected chi connectivity index (χ4v) is 2.71. The molecular weight excluding hydrogens is 373 g/mol. The average Bonchev–Trinajstić information content (AvgIpc) is 3.25. The first kappa shape index (κ1) is 17.9. The molecule has 0 aromatic carbocycles. The molecule has 4 rings (SSSR count). The fourth-order valence-electron chi connectivity index (χ4n) is 2.71. The van der Waals surface area contributed by atoms with Crippen molar-refractivity contribution in [3.05, 3.63) is 48.7 Å². The molecule has 11 heteroatoms. The van der Waals surface area contributed by atoms with Crippen LogP contribution in [0.2, 0.25) is 0 Å². The van der Waals surface area contributed by atoms with Gasteiger partial charge in [0.15, 0.2) is 5.65 Å². The molecule has 0 spiro atoms. The summed E-state index contributed by atoms with van der Waals surface area (Å²) in [5, 5.41) is 15.0. The Bertz CT molecular complexity index is 1110. The smallest absolute Gasteiger partial charge is 0.309 e. The number of halogens is 3. The number of nitrogens with zero attached hydrogens (tertiary/aromatic N) is 7. The van der Waals surface area contributed by atoms with E-state index in [0.717, 1.165) is 11.4 Å². The lowest BCUT2D eigenvalue weighted by Gasteiger charge is -2.07. The van der Waals surface area contributed by atoms with Crippen LogP contribution in [0.3, 0.4) is 0 Å². The Kier molecular flexibility index (Phi) is 4.41. The van der Waals surface area contributed by atoms with E-state index in [-0.39, 0.29) is 12.2 Å². The molecule has 0 amide bonds. The summed E-state index contributed by atoms with van der Waals surface area (Å²) >= 11 is 0. The third-order valence-electron chi connectivity index (χ3n) is 4.12. The summed E-state index contributed by atoms with van der Waals surface area (Å²) in [5.41, 5.74) is 1.84. The first-order valence-electron chi connectivity index (χ1n) is 8.38. The van der Waals surface area contributed by atoms with Crippen molar-refractivity contribution in [1.82, 2.24) is 34.3 Å². The van der Waals surface area contributed by atoms with Gasteiger partial charge in [-0.3, -0.25) is 9.08 Å². The van der Waals surface area contributed by atoms with Crippen molar-refractivity contribution in [2.24, 2.45) is 7.05 Å². The van der Waals surface area contributed by atoms with Crippen LogP contribution in [-0.2, 0) is 13.5 Å². The minimum Gasteiger partial charge on any atom is -0.309 e. The molecule has 8 nitrogen and oxygen atoms in total. The molecule has 0 aliphatic carbocycles. The number of fused-ring (bicyclic) bond motifs is 1. The molecule has 0 saturated heterocycles. The SMILES string of the molecule is Cn1nccc1Nc1nccc(-c2ccn3c(CCC(F)(F)F)nnc3c2)n1. The molecule has 0 saturated carbocycles. The predicted octanol–water partition coefficient (Wildman–Crippen LogP) is 3.16. The van der Waals surface area contributed by atoms with Crippen molar-refractivity contribution < 1.29 is 13.2 Å². The Morgan fingerprint density at radius 1 is 1.11 bits per heavy atom. The van der Waals surface area contributed by atoms with Gasteiger partial charge in [-0.05, 0) is 18.2 Å². The molecule has 28 heavy (non-hydrogen) atoms.